The minimum Gasteiger partial charge on any atom is -0.286 e. The van der Waals surface area contributed by atoms with Crippen molar-refractivity contribution in [1.82, 2.24) is 4.90 Å². The molecule has 1 aliphatic heterocycles. The zero-order chi connectivity index (χ0) is 18.8. The van der Waals surface area contributed by atoms with Crippen molar-refractivity contribution in [3.05, 3.63) is 68.7 Å². The van der Waals surface area contributed by atoms with Crippen LogP contribution in [0.2, 0.25) is 5.02 Å². The number of hydrogen-bond donors (Lipinski definition) is 0. The van der Waals surface area contributed by atoms with E-state index in [0.717, 1.165) is 0 Å². The first-order valence-electron chi connectivity index (χ1n) is 7.93. The van der Waals surface area contributed by atoms with E-state index in [1.54, 1.807) is 42.2 Å². The SMILES string of the molecule is Cc1cc(C(=O)N2C[C@@H](C)SC2=Nc2ccc(Cl)cc2)ccc1[N+](=O)[O-]. The number of amides is 1. The number of amidine groups is 1. The average Bonchev–Trinajstić information content (AvgIpc) is 2.96. The fraction of sp³-hybridized carbons (Fsp3) is 0.222. The van der Waals surface area contributed by atoms with Gasteiger partial charge in [-0.2, -0.15) is 0 Å². The molecule has 1 fully saturated rings. The number of hydrogen-bond acceptors (Lipinski definition) is 5. The molecule has 134 valence electrons. The van der Waals surface area contributed by atoms with Crippen LogP contribution in [-0.2, 0) is 0 Å². The lowest BCUT2D eigenvalue weighted by Crippen LogP contribution is -2.32. The van der Waals surface area contributed by atoms with Gasteiger partial charge in [0, 0.05) is 34.0 Å². The maximum absolute atomic E-state index is 12.9. The van der Waals surface area contributed by atoms with E-state index in [-0.39, 0.29) is 16.8 Å². The molecule has 2 aromatic carbocycles. The predicted octanol–water partition coefficient (Wildman–Crippen LogP) is 4.82. The summed E-state index contributed by atoms with van der Waals surface area (Å²) in [6.45, 7) is 4.18. The molecule has 0 radical (unpaired) electrons. The number of carbonyl (C=O) groups is 1. The Balaban J connectivity index is 1.90. The molecule has 2 aromatic rings. The summed E-state index contributed by atoms with van der Waals surface area (Å²) in [7, 11) is 0. The Labute approximate surface area is 160 Å². The van der Waals surface area contributed by atoms with Gasteiger partial charge < -0.3 is 0 Å². The van der Waals surface area contributed by atoms with Crippen LogP contribution in [0, 0.1) is 17.0 Å². The van der Waals surface area contributed by atoms with Crippen LogP contribution in [0.4, 0.5) is 11.4 Å². The molecule has 1 saturated heterocycles. The zero-order valence-corrected chi connectivity index (χ0v) is 15.8. The van der Waals surface area contributed by atoms with Crippen molar-refractivity contribution in [2.24, 2.45) is 4.99 Å². The predicted molar refractivity (Wildman–Crippen MR) is 104 cm³/mol. The quantitative estimate of drug-likeness (QED) is 0.557. The van der Waals surface area contributed by atoms with E-state index in [4.69, 9.17) is 11.6 Å². The second-order valence-corrected chi connectivity index (χ2v) is 7.82. The summed E-state index contributed by atoms with van der Waals surface area (Å²) in [5.41, 5.74) is 1.58. The maximum Gasteiger partial charge on any atom is 0.272 e. The largest absolute Gasteiger partial charge is 0.286 e. The van der Waals surface area contributed by atoms with Crippen molar-refractivity contribution in [3.8, 4) is 0 Å². The monoisotopic (exact) mass is 389 g/mol. The van der Waals surface area contributed by atoms with Crippen molar-refractivity contribution in [3.63, 3.8) is 0 Å². The van der Waals surface area contributed by atoms with Gasteiger partial charge in [-0.3, -0.25) is 19.8 Å². The van der Waals surface area contributed by atoms with Gasteiger partial charge in [-0.15, -0.1) is 0 Å². The van der Waals surface area contributed by atoms with E-state index >= 15 is 0 Å². The van der Waals surface area contributed by atoms with Gasteiger partial charge in [-0.05, 0) is 43.3 Å². The molecule has 0 spiro atoms. The molecule has 1 heterocycles. The number of thioether (sulfide) groups is 1. The van der Waals surface area contributed by atoms with Gasteiger partial charge in [-0.1, -0.05) is 30.3 Å². The number of nitro benzene ring substituents is 1. The lowest BCUT2D eigenvalue weighted by molar-refractivity contribution is -0.385. The van der Waals surface area contributed by atoms with E-state index in [9.17, 15) is 14.9 Å². The molecule has 0 unspecified atom stereocenters. The summed E-state index contributed by atoms with van der Waals surface area (Å²) in [4.78, 5) is 29.6. The molecule has 6 nitrogen and oxygen atoms in total. The van der Waals surface area contributed by atoms with E-state index in [2.05, 4.69) is 4.99 Å². The molecule has 0 saturated carbocycles. The van der Waals surface area contributed by atoms with Gasteiger partial charge in [-0.25, -0.2) is 4.99 Å². The second-order valence-electron chi connectivity index (χ2n) is 5.97. The van der Waals surface area contributed by atoms with Crippen LogP contribution in [0.3, 0.4) is 0 Å². The highest BCUT2D eigenvalue weighted by Crippen LogP contribution is 2.30. The Morgan fingerprint density at radius 2 is 2.00 bits per heavy atom. The van der Waals surface area contributed by atoms with Gasteiger partial charge >= 0.3 is 0 Å². The summed E-state index contributed by atoms with van der Waals surface area (Å²) in [5.74, 6) is -0.215. The maximum atomic E-state index is 12.9. The van der Waals surface area contributed by atoms with Gasteiger partial charge in [0.25, 0.3) is 11.6 Å². The van der Waals surface area contributed by atoms with Crippen LogP contribution in [0.15, 0.2) is 47.5 Å². The van der Waals surface area contributed by atoms with Crippen LogP contribution in [0.1, 0.15) is 22.8 Å². The summed E-state index contributed by atoms with van der Waals surface area (Å²) in [5, 5.41) is 12.4. The van der Waals surface area contributed by atoms with E-state index in [1.807, 2.05) is 6.92 Å². The van der Waals surface area contributed by atoms with Crippen molar-refractivity contribution >= 4 is 45.8 Å². The first-order chi connectivity index (χ1) is 12.3. The van der Waals surface area contributed by atoms with Crippen molar-refractivity contribution in [2.45, 2.75) is 19.1 Å². The molecule has 0 aliphatic carbocycles. The number of nitrogens with zero attached hydrogens (tertiary/aromatic N) is 3. The van der Waals surface area contributed by atoms with E-state index in [1.165, 1.54) is 23.9 Å². The zero-order valence-electron chi connectivity index (χ0n) is 14.2. The lowest BCUT2D eigenvalue weighted by Gasteiger charge is -2.16. The van der Waals surface area contributed by atoms with Gasteiger partial charge in [0.15, 0.2) is 5.17 Å². The average molecular weight is 390 g/mol. The smallest absolute Gasteiger partial charge is 0.272 e. The number of aliphatic imine (C=N–C) groups is 1. The fourth-order valence-electron chi connectivity index (χ4n) is 2.65. The van der Waals surface area contributed by atoms with Crippen LogP contribution in [0.25, 0.3) is 0 Å². The third kappa shape index (κ3) is 3.89. The summed E-state index contributed by atoms with van der Waals surface area (Å²) < 4.78 is 0. The summed E-state index contributed by atoms with van der Waals surface area (Å²) in [6.07, 6.45) is 0. The Kier molecular flexibility index (Phi) is 5.29. The molecule has 3 rings (SSSR count). The second kappa shape index (κ2) is 7.47. The minimum atomic E-state index is -0.454. The molecule has 0 bridgehead atoms. The molecule has 1 amide bonds. The standard InChI is InChI=1S/C18H16ClN3O3S/c1-11-9-13(3-8-16(11)22(24)25)17(23)21-10-12(2)26-18(21)20-15-6-4-14(19)5-7-15/h3-9,12H,10H2,1-2H3/t12-/m1/s1. The van der Waals surface area contributed by atoms with E-state index < -0.39 is 4.92 Å². The van der Waals surface area contributed by atoms with Gasteiger partial charge in [0.05, 0.1) is 10.6 Å². The van der Waals surface area contributed by atoms with Crippen LogP contribution in [0.5, 0.6) is 0 Å². The fourth-order valence-corrected chi connectivity index (χ4v) is 3.80. The number of benzene rings is 2. The third-order valence-corrected chi connectivity index (χ3v) is 5.24. The van der Waals surface area contributed by atoms with Crippen LogP contribution < -0.4 is 0 Å². The molecule has 26 heavy (non-hydrogen) atoms. The highest BCUT2D eigenvalue weighted by molar-refractivity contribution is 8.14. The Morgan fingerprint density at radius 1 is 1.31 bits per heavy atom. The Bertz CT molecular complexity index is 899. The summed E-state index contributed by atoms with van der Waals surface area (Å²) in [6, 6.07) is 11.5. The molecular formula is C18H16ClN3O3S. The Morgan fingerprint density at radius 3 is 2.62 bits per heavy atom. The van der Waals surface area contributed by atoms with Crippen LogP contribution in [-0.4, -0.2) is 32.7 Å². The number of aryl methyl sites for hydroxylation is 1. The molecule has 8 heteroatoms. The van der Waals surface area contributed by atoms with E-state index in [0.29, 0.717) is 33.5 Å². The van der Waals surface area contributed by atoms with Crippen molar-refractivity contribution < 1.29 is 9.72 Å². The number of carbonyl (C=O) groups excluding carboxylic acids is 1. The van der Waals surface area contributed by atoms with Crippen molar-refractivity contribution in [1.29, 1.82) is 0 Å². The van der Waals surface area contributed by atoms with Crippen molar-refractivity contribution in [2.75, 3.05) is 6.54 Å². The first-order valence-corrected chi connectivity index (χ1v) is 9.18. The first kappa shape index (κ1) is 18.4. The third-order valence-electron chi connectivity index (χ3n) is 3.91. The molecule has 0 N–H and O–H groups in total. The van der Waals surface area contributed by atoms with Gasteiger partial charge in [0.2, 0.25) is 0 Å². The molecular weight excluding hydrogens is 374 g/mol. The number of nitro groups is 1. The molecule has 1 atom stereocenters. The number of halogens is 1. The van der Waals surface area contributed by atoms with Gasteiger partial charge in [0.1, 0.15) is 0 Å². The van der Waals surface area contributed by atoms with Crippen LogP contribution >= 0.6 is 23.4 Å². The minimum absolute atomic E-state index is 0.000713. The molecule has 0 aromatic heterocycles. The number of rotatable bonds is 3. The highest BCUT2D eigenvalue weighted by atomic mass is 35.5. The Hall–Kier alpha value is -2.38. The lowest BCUT2D eigenvalue weighted by atomic mass is 10.1. The highest BCUT2D eigenvalue weighted by Gasteiger charge is 2.32. The normalized spacial score (nSPS) is 18.3. The topological polar surface area (TPSA) is 75.8 Å². The molecule has 1 aliphatic rings. The summed E-state index contributed by atoms with van der Waals surface area (Å²) >= 11 is 7.42.